The summed E-state index contributed by atoms with van der Waals surface area (Å²) in [5.41, 5.74) is 2.06. The van der Waals surface area contributed by atoms with Crippen molar-refractivity contribution in [2.45, 2.75) is 38.9 Å². The molecule has 0 unspecified atom stereocenters. The molecular formula is C21H27N5O3S2. The van der Waals surface area contributed by atoms with E-state index in [4.69, 9.17) is 16.6 Å². The molecule has 31 heavy (non-hydrogen) atoms. The number of hydrogen-bond acceptors (Lipinski definition) is 6. The Kier molecular flexibility index (Phi) is 6.16. The predicted octanol–water partition coefficient (Wildman–Crippen LogP) is 3.27. The molecule has 1 aliphatic rings. The summed E-state index contributed by atoms with van der Waals surface area (Å²) in [5, 5.41) is 4.66. The highest BCUT2D eigenvalue weighted by atomic mass is 32.2. The molecular weight excluding hydrogens is 434 g/mol. The zero-order valence-corrected chi connectivity index (χ0v) is 19.6. The minimum atomic E-state index is -3.49. The first-order valence-electron chi connectivity index (χ1n) is 10.3. The van der Waals surface area contributed by atoms with Crippen molar-refractivity contribution in [3.05, 3.63) is 52.5 Å². The molecule has 0 amide bonds. The highest BCUT2D eigenvalue weighted by Crippen LogP contribution is 2.22. The van der Waals surface area contributed by atoms with E-state index >= 15 is 0 Å². The van der Waals surface area contributed by atoms with Gasteiger partial charge in [0.1, 0.15) is 0 Å². The Bertz CT molecular complexity index is 1220. The van der Waals surface area contributed by atoms with Gasteiger partial charge in [0.2, 0.25) is 10.0 Å². The van der Waals surface area contributed by atoms with E-state index in [1.165, 1.54) is 0 Å². The third-order valence-corrected chi connectivity index (χ3v) is 8.09. The summed E-state index contributed by atoms with van der Waals surface area (Å²) in [6.07, 6.45) is 1.62. The van der Waals surface area contributed by atoms with E-state index in [2.05, 4.69) is 10.00 Å². The van der Waals surface area contributed by atoms with E-state index < -0.39 is 10.0 Å². The second kappa shape index (κ2) is 8.70. The van der Waals surface area contributed by atoms with Crippen LogP contribution in [0.1, 0.15) is 18.1 Å². The third-order valence-electron chi connectivity index (χ3n) is 5.76. The summed E-state index contributed by atoms with van der Waals surface area (Å²) in [6.45, 7) is 9.22. The number of rotatable bonds is 6. The summed E-state index contributed by atoms with van der Waals surface area (Å²) < 4.78 is 37.5. The van der Waals surface area contributed by atoms with Gasteiger partial charge in [-0.25, -0.2) is 13.1 Å². The second-order valence-electron chi connectivity index (χ2n) is 7.74. The van der Waals surface area contributed by atoms with Crippen molar-refractivity contribution in [2.75, 3.05) is 26.2 Å². The monoisotopic (exact) mass is 461 g/mol. The number of hydrogen-bond donors (Lipinski definition) is 0. The van der Waals surface area contributed by atoms with Crippen LogP contribution in [-0.4, -0.2) is 58.1 Å². The molecule has 4 rings (SSSR count). The minimum Gasteiger partial charge on any atom is -0.461 e. The molecule has 166 valence electrons. The lowest BCUT2D eigenvalue weighted by Crippen LogP contribution is -2.48. The summed E-state index contributed by atoms with van der Waals surface area (Å²) in [5.74, 6) is 1.38. The molecule has 0 saturated carbocycles. The van der Waals surface area contributed by atoms with Crippen LogP contribution in [0.4, 0.5) is 0 Å². The number of sulfonamides is 1. The minimum absolute atomic E-state index is 0.357. The van der Waals surface area contributed by atoms with E-state index in [1.807, 2.05) is 43.5 Å². The van der Waals surface area contributed by atoms with Crippen LogP contribution in [0.3, 0.4) is 0 Å². The van der Waals surface area contributed by atoms with Crippen molar-refractivity contribution in [3.63, 3.8) is 0 Å². The van der Waals surface area contributed by atoms with Gasteiger partial charge in [0, 0.05) is 32.7 Å². The molecule has 0 N–H and O–H groups in total. The Morgan fingerprint density at radius 3 is 2.45 bits per heavy atom. The zero-order valence-electron chi connectivity index (χ0n) is 18.0. The Hall–Kier alpha value is -2.27. The fraction of sp³-hybridized carbons (Fsp3) is 0.429. The van der Waals surface area contributed by atoms with Gasteiger partial charge in [0.15, 0.2) is 16.4 Å². The number of furan rings is 1. The van der Waals surface area contributed by atoms with Crippen LogP contribution in [-0.2, 0) is 23.2 Å². The van der Waals surface area contributed by atoms with Crippen LogP contribution in [0.2, 0.25) is 0 Å². The first-order valence-corrected chi connectivity index (χ1v) is 12.2. The second-order valence-corrected chi connectivity index (χ2v) is 10.0. The first kappa shape index (κ1) is 21.9. The lowest BCUT2D eigenvalue weighted by molar-refractivity contribution is 0.144. The fourth-order valence-corrected chi connectivity index (χ4v) is 5.55. The maximum absolute atomic E-state index is 13.0. The molecule has 10 heteroatoms. The Morgan fingerprint density at radius 1 is 1.10 bits per heavy atom. The molecule has 1 aliphatic heterocycles. The van der Waals surface area contributed by atoms with Gasteiger partial charge in [-0.1, -0.05) is 6.07 Å². The topological polar surface area (TPSA) is 76.5 Å². The maximum atomic E-state index is 13.0. The van der Waals surface area contributed by atoms with E-state index in [9.17, 15) is 8.42 Å². The molecule has 0 aliphatic carbocycles. The molecule has 1 aromatic carbocycles. The molecule has 1 saturated heterocycles. The molecule has 8 nitrogen and oxygen atoms in total. The number of aromatic nitrogens is 3. The lowest BCUT2D eigenvalue weighted by atomic mass is 10.1. The SMILES string of the molecule is CCn1c(-c2ccco2)nn(CN2CCN(S(=O)(=O)c3ccc(C)c(C)c3)CC2)c1=S. The van der Waals surface area contributed by atoms with Crippen LogP contribution in [0, 0.1) is 18.6 Å². The molecule has 3 heterocycles. The van der Waals surface area contributed by atoms with Crippen molar-refractivity contribution < 1.29 is 12.8 Å². The van der Waals surface area contributed by atoms with Gasteiger partial charge in [-0.2, -0.15) is 4.31 Å². The van der Waals surface area contributed by atoms with Crippen molar-refractivity contribution in [1.82, 2.24) is 23.6 Å². The van der Waals surface area contributed by atoms with Crippen molar-refractivity contribution in [3.8, 4) is 11.6 Å². The number of piperazine rings is 1. The standard InChI is InChI=1S/C21H27N5O3S2/c1-4-25-20(19-6-5-13-29-19)22-26(21(25)30)15-23-9-11-24(12-10-23)31(27,28)18-8-7-16(2)17(3)14-18/h5-8,13-14H,4,9-12,15H2,1-3H3. The highest BCUT2D eigenvalue weighted by molar-refractivity contribution is 7.89. The summed E-state index contributed by atoms with van der Waals surface area (Å²) in [7, 11) is -3.49. The van der Waals surface area contributed by atoms with Gasteiger partial charge < -0.3 is 4.42 Å². The quantitative estimate of drug-likeness (QED) is 0.525. The Labute approximate surface area is 187 Å². The van der Waals surface area contributed by atoms with E-state index in [-0.39, 0.29) is 0 Å². The van der Waals surface area contributed by atoms with Gasteiger partial charge in [0.25, 0.3) is 0 Å². The Balaban J connectivity index is 1.46. The zero-order chi connectivity index (χ0) is 22.2. The van der Waals surface area contributed by atoms with Gasteiger partial charge >= 0.3 is 0 Å². The summed E-state index contributed by atoms with van der Waals surface area (Å²) in [4.78, 5) is 2.53. The molecule has 1 fully saturated rings. The Morgan fingerprint density at radius 2 is 1.84 bits per heavy atom. The smallest absolute Gasteiger partial charge is 0.243 e. The number of nitrogens with zero attached hydrogens (tertiary/aromatic N) is 5. The van der Waals surface area contributed by atoms with Gasteiger partial charge in [-0.3, -0.25) is 9.47 Å². The first-order chi connectivity index (χ1) is 14.8. The van der Waals surface area contributed by atoms with Crippen molar-refractivity contribution >= 4 is 22.2 Å². The van der Waals surface area contributed by atoms with E-state index in [1.54, 1.807) is 27.4 Å². The maximum Gasteiger partial charge on any atom is 0.243 e. The number of aryl methyl sites for hydroxylation is 2. The van der Waals surface area contributed by atoms with E-state index in [0.29, 0.717) is 60.6 Å². The van der Waals surface area contributed by atoms with Crippen LogP contribution >= 0.6 is 12.2 Å². The molecule has 0 atom stereocenters. The largest absolute Gasteiger partial charge is 0.461 e. The predicted molar refractivity (Wildman–Crippen MR) is 121 cm³/mol. The summed E-state index contributed by atoms with van der Waals surface area (Å²) in [6, 6.07) is 9.00. The van der Waals surface area contributed by atoms with E-state index in [0.717, 1.165) is 11.1 Å². The number of benzene rings is 1. The summed E-state index contributed by atoms with van der Waals surface area (Å²) >= 11 is 5.61. The average molecular weight is 462 g/mol. The third kappa shape index (κ3) is 4.25. The van der Waals surface area contributed by atoms with Crippen molar-refractivity contribution in [2.24, 2.45) is 0 Å². The normalized spacial score (nSPS) is 16.1. The van der Waals surface area contributed by atoms with Crippen LogP contribution in [0.15, 0.2) is 45.9 Å². The highest BCUT2D eigenvalue weighted by Gasteiger charge is 2.29. The van der Waals surface area contributed by atoms with Crippen molar-refractivity contribution in [1.29, 1.82) is 0 Å². The molecule has 2 aromatic heterocycles. The average Bonchev–Trinajstić information content (AvgIpc) is 3.39. The fourth-order valence-electron chi connectivity index (χ4n) is 3.73. The molecule has 0 spiro atoms. The van der Waals surface area contributed by atoms with Gasteiger partial charge in [-0.05, 0) is 68.4 Å². The van der Waals surface area contributed by atoms with Crippen LogP contribution in [0.25, 0.3) is 11.6 Å². The van der Waals surface area contributed by atoms with Gasteiger partial charge in [-0.15, -0.1) is 5.10 Å². The molecule has 3 aromatic rings. The van der Waals surface area contributed by atoms with Crippen LogP contribution < -0.4 is 0 Å². The van der Waals surface area contributed by atoms with Crippen LogP contribution in [0.5, 0.6) is 0 Å². The van der Waals surface area contributed by atoms with Gasteiger partial charge in [0.05, 0.1) is 17.8 Å². The lowest BCUT2D eigenvalue weighted by Gasteiger charge is -2.33. The molecule has 0 radical (unpaired) electrons. The molecule has 0 bridgehead atoms.